The molecule has 1 fully saturated rings. The van der Waals surface area contributed by atoms with E-state index in [1.807, 2.05) is 18.2 Å². The number of rotatable bonds is 5. The van der Waals surface area contributed by atoms with Gasteiger partial charge in [-0.2, -0.15) is 5.26 Å². The molecule has 19 heavy (non-hydrogen) atoms. The van der Waals surface area contributed by atoms with Crippen LogP contribution in [0, 0.1) is 17.2 Å². The maximum atomic E-state index is 11.6. The minimum absolute atomic E-state index is 0.0935. The van der Waals surface area contributed by atoms with Crippen LogP contribution in [-0.4, -0.2) is 16.5 Å². The summed E-state index contributed by atoms with van der Waals surface area (Å²) in [6.45, 7) is 0. The van der Waals surface area contributed by atoms with E-state index in [9.17, 15) is 4.79 Å². The first-order valence-corrected chi connectivity index (χ1v) is 7.78. The number of hydrogen-bond acceptors (Lipinski definition) is 4. The molecule has 1 saturated carbocycles. The Morgan fingerprint density at radius 2 is 2.16 bits per heavy atom. The van der Waals surface area contributed by atoms with Crippen LogP contribution in [0.2, 0.25) is 0 Å². The number of Topliss-reactive ketones (excluding diaryl/α,β-unsaturated/α-hetero) is 1. The first kappa shape index (κ1) is 14.1. The van der Waals surface area contributed by atoms with Crippen LogP contribution in [0.1, 0.15) is 49.0 Å². The zero-order valence-electron chi connectivity index (χ0n) is 11.0. The highest BCUT2D eigenvalue weighted by atomic mass is 32.2. The van der Waals surface area contributed by atoms with Gasteiger partial charge in [-0.15, -0.1) is 11.8 Å². The monoisotopic (exact) mass is 274 g/mol. The lowest BCUT2D eigenvalue weighted by Gasteiger charge is -2.20. The number of pyridine rings is 1. The minimum atomic E-state index is -0.192. The third-order valence-corrected chi connectivity index (χ3v) is 4.60. The Balaban J connectivity index is 1.91. The molecule has 2 rings (SSSR count). The van der Waals surface area contributed by atoms with E-state index < -0.39 is 0 Å². The lowest BCUT2D eigenvalue weighted by atomic mass is 9.91. The molecule has 1 aromatic heterocycles. The zero-order chi connectivity index (χ0) is 13.5. The van der Waals surface area contributed by atoms with E-state index in [1.165, 1.54) is 32.1 Å². The van der Waals surface area contributed by atoms with Crippen molar-refractivity contribution in [2.45, 2.75) is 43.6 Å². The van der Waals surface area contributed by atoms with Crippen molar-refractivity contribution in [2.24, 2.45) is 5.92 Å². The van der Waals surface area contributed by atoms with Gasteiger partial charge in [0.25, 0.3) is 0 Å². The molecule has 1 aromatic rings. The lowest BCUT2D eigenvalue weighted by Crippen LogP contribution is -2.09. The van der Waals surface area contributed by atoms with Crippen molar-refractivity contribution in [3.8, 4) is 6.07 Å². The summed E-state index contributed by atoms with van der Waals surface area (Å²) < 4.78 is 0. The zero-order valence-corrected chi connectivity index (χ0v) is 11.8. The molecular weight excluding hydrogens is 256 g/mol. The van der Waals surface area contributed by atoms with E-state index in [2.05, 4.69) is 4.98 Å². The third-order valence-electron chi connectivity index (χ3n) is 3.44. The first-order valence-electron chi connectivity index (χ1n) is 6.79. The number of nitrogens with zero attached hydrogens (tertiary/aromatic N) is 2. The lowest BCUT2D eigenvalue weighted by molar-refractivity contribution is 0.0992. The third kappa shape index (κ3) is 4.36. The van der Waals surface area contributed by atoms with Gasteiger partial charge in [0.1, 0.15) is 12.1 Å². The highest BCUT2D eigenvalue weighted by Crippen LogP contribution is 2.29. The van der Waals surface area contributed by atoms with E-state index in [4.69, 9.17) is 5.26 Å². The first-order chi connectivity index (χ1) is 9.29. The molecule has 0 N–H and O–H groups in total. The van der Waals surface area contributed by atoms with E-state index >= 15 is 0 Å². The molecule has 4 heteroatoms. The molecule has 0 saturated heterocycles. The van der Waals surface area contributed by atoms with Gasteiger partial charge < -0.3 is 0 Å². The second-order valence-electron chi connectivity index (χ2n) is 4.93. The van der Waals surface area contributed by atoms with Gasteiger partial charge in [-0.3, -0.25) is 4.79 Å². The van der Waals surface area contributed by atoms with Crippen molar-refractivity contribution >= 4 is 17.5 Å². The Morgan fingerprint density at radius 1 is 1.37 bits per heavy atom. The number of carbonyl (C=O) groups excluding carboxylic acids is 1. The van der Waals surface area contributed by atoms with Crippen molar-refractivity contribution < 1.29 is 4.79 Å². The standard InChI is InChI=1S/C15H18N2OS/c16-10-9-14(18)13-7-4-8-15(17-13)19-11-12-5-2-1-3-6-12/h4,7-8,12H,1-3,5-6,9,11H2. The SMILES string of the molecule is N#CCC(=O)c1cccc(SCC2CCCCC2)n1. The highest BCUT2D eigenvalue weighted by molar-refractivity contribution is 7.99. The Labute approximate surface area is 118 Å². The normalized spacial score (nSPS) is 15.9. The van der Waals surface area contributed by atoms with Crippen LogP contribution in [0.15, 0.2) is 23.2 Å². The average molecular weight is 274 g/mol. The van der Waals surface area contributed by atoms with E-state index in [1.54, 1.807) is 17.8 Å². The fourth-order valence-electron chi connectivity index (χ4n) is 2.37. The summed E-state index contributed by atoms with van der Waals surface area (Å²) in [6, 6.07) is 7.35. The number of thioether (sulfide) groups is 1. The van der Waals surface area contributed by atoms with Gasteiger partial charge in [-0.25, -0.2) is 4.98 Å². The summed E-state index contributed by atoms with van der Waals surface area (Å²) >= 11 is 1.73. The molecule has 0 unspecified atom stereocenters. The molecule has 0 aromatic carbocycles. The van der Waals surface area contributed by atoms with Gasteiger partial charge in [-0.1, -0.05) is 25.3 Å². The van der Waals surface area contributed by atoms with Crippen LogP contribution in [-0.2, 0) is 0 Å². The van der Waals surface area contributed by atoms with E-state index in [0.29, 0.717) is 5.69 Å². The molecule has 3 nitrogen and oxygen atoms in total. The molecule has 1 aliphatic rings. The topological polar surface area (TPSA) is 53.8 Å². The maximum Gasteiger partial charge on any atom is 0.195 e. The quantitative estimate of drug-likeness (QED) is 0.604. The van der Waals surface area contributed by atoms with E-state index in [-0.39, 0.29) is 12.2 Å². The fourth-order valence-corrected chi connectivity index (χ4v) is 3.45. The molecule has 100 valence electrons. The Kier molecular flexibility index (Phi) is 5.41. The highest BCUT2D eigenvalue weighted by Gasteiger charge is 2.14. The smallest absolute Gasteiger partial charge is 0.195 e. The van der Waals surface area contributed by atoms with Crippen molar-refractivity contribution in [1.82, 2.24) is 4.98 Å². The molecule has 0 spiro atoms. The molecule has 0 bridgehead atoms. The van der Waals surface area contributed by atoms with Crippen LogP contribution >= 0.6 is 11.8 Å². The van der Waals surface area contributed by atoms with Crippen LogP contribution < -0.4 is 0 Å². The summed E-state index contributed by atoms with van der Waals surface area (Å²) in [5.41, 5.74) is 0.412. The molecule has 1 aliphatic carbocycles. The summed E-state index contributed by atoms with van der Waals surface area (Å²) in [5, 5.41) is 9.43. The van der Waals surface area contributed by atoms with Gasteiger partial charge in [0, 0.05) is 5.75 Å². The van der Waals surface area contributed by atoms with Crippen molar-refractivity contribution in [3.63, 3.8) is 0 Å². The summed E-state index contributed by atoms with van der Waals surface area (Å²) in [4.78, 5) is 15.9. The Hall–Kier alpha value is -1.34. The summed E-state index contributed by atoms with van der Waals surface area (Å²) in [6.07, 6.45) is 6.61. The molecule has 0 atom stereocenters. The number of ketones is 1. The van der Waals surface area contributed by atoms with Crippen LogP contribution in [0.3, 0.4) is 0 Å². The molecule has 0 amide bonds. The van der Waals surface area contributed by atoms with Gasteiger partial charge >= 0.3 is 0 Å². The Morgan fingerprint density at radius 3 is 2.89 bits per heavy atom. The predicted octanol–water partition coefficient (Wildman–Crippen LogP) is 3.85. The summed E-state index contributed by atoms with van der Waals surface area (Å²) in [5.74, 6) is 1.68. The number of carbonyl (C=O) groups is 1. The second kappa shape index (κ2) is 7.30. The maximum absolute atomic E-state index is 11.6. The van der Waals surface area contributed by atoms with E-state index in [0.717, 1.165) is 16.7 Å². The number of nitriles is 1. The number of hydrogen-bond donors (Lipinski definition) is 0. The molecule has 0 radical (unpaired) electrons. The molecule has 0 aliphatic heterocycles. The largest absolute Gasteiger partial charge is 0.291 e. The van der Waals surface area contributed by atoms with Crippen LogP contribution in [0.25, 0.3) is 0 Å². The minimum Gasteiger partial charge on any atom is -0.291 e. The average Bonchev–Trinajstić information content (AvgIpc) is 2.47. The second-order valence-corrected chi connectivity index (χ2v) is 5.97. The summed E-state index contributed by atoms with van der Waals surface area (Å²) in [7, 11) is 0. The van der Waals surface area contributed by atoms with Crippen molar-refractivity contribution in [2.75, 3.05) is 5.75 Å². The van der Waals surface area contributed by atoms with Gasteiger partial charge in [0.2, 0.25) is 0 Å². The molecular formula is C15H18N2OS. The van der Waals surface area contributed by atoms with Crippen LogP contribution in [0.4, 0.5) is 0 Å². The molecule has 1 heterocycles. The number of aromatic nitrogens is 1. The van der Waals surface area contributed by atoms with Crippen molar-refractivity contribution in [3.05, 3.63) is 23.9 Å². The Bertz CT molecular complexity index is 475. The van der Waals surface area contributed by atoms with Gasteiger partial charge in [0.15, 0.2) is 5.78 Å². The fraction of sp³-hybridized carbons (Fsp3) is 0.533. The van der Waals surface area contributed by atoms with Crippen LogP contribution in [0.5, 0.6) is 0 Å². The van der Waals surface area contributed by atoms with Crippen molar-refractivity contribution in [1.29, 1.82) is 5.26 Å². The van der Waals surface area contributed by atoms with Gasteiger partial charge in [0.05, 0.1) is 11.1 Å². The van der Waals surface area contributed by atoms with Gasteiger partial charge in [-0.05, 0) is 30.9 Å². The predicted molar refractivity (Wildman–Crippen MR) is 76.1 cm³/mol.